The van der Waals surface area contributed by atoms with Gasteiger partial charge in [-0.2, -0.15) is 5.26 Å². The van der Waals surface area contributed by atoms with E-state index in [9.17, 15) is 4.79 Å². The molecule has 3 nitrogen and oxygen atoms in total. The first-order valence-corrected chi connectivity index (χ1v) is 5.49. The lowest BCUT2D eigenvalue weighted by Gasteiger charge is -2.09. The second-order valence-corrected chi connectivity index (χ2v) is 4.38. The number of nitriles is 1. The van der Waals surface area contributed by atoms with Crippen LogP contribution in [-0.4, -0.2) is 5.91 Å². The number of benzene rings is 1. The van der Waals surface area contributed by atoms with Gasteiger partial charge in [0.05, 0.1) is 6.07 Å². The molecule has 0 saturated heterocycles. The Morgan fingerprint density at radius 3 is 2.75 bits per heavy atom. The molecule has 0 bridgehead atoms. The summed E-state index contributed by atoms with van der Waals surface area (Å²) in [6.45, 7) is 0.377. The van der Waals surface area contributed by atoms with Crippen LogP contribution in [0.15, 0.2) is 24.3 Å². The molecular weight excluding hydrogens is 224 g/mol. The first-order chi connectivity index (χ1) is 7.68. The average molecular weight is 235 g/mol. The molecule has 0 aromatic heterocycles. The monoisotopic (exact) mass is 234 g/mol. The van der Waals surface area contributed by atoms with Gasteiger partial charge in [-0.3, -0.25) is 4.79 Å². The highest BCUT2D eigenvalue weighted by molar-refractivity contribution is 6.31. The van der Waals surface area contributed by atoms with Gasteiger partial charge in [0.15, 0.2) is 0 Å². The number of carbonyl (C=O) groups excluding carboxylic acids is 1. The van der Waals surface area contributed by atoms with Crippen molar-refractivity contribution in [1.29, 1.82) is 5.26 Å². The quantitative estimate of drug-likeness (QED) is 0.872. The number of rotatable bonds is 3. The van der Waals surface area contributed by atoms with Gasteiger partial charge >= 0.3 is 0 Å². The largest absolute Gasteiger partial charge is 0.351 e. The standard InChI is InChI=1S/C12H11ClN2O/c13-10-4-2-1-3-9(10)7-15-11(16)12(8-14)5-6-12/h1-4H,5-7H2,(H,15,16). The molecule has 4 heteroatoms. The minimum atomic E-state index is -0.763. The Labute approximate surface area is 99.0 Å². The van der Waals surface area contributed by atoms with Crippen molar-refractivity contribution >= 4 is 17.5 Å². The van der Waals surface area contributed by atoms with Crippen molar-refractivity contribution in [3.05, 3.63) is 34.9 Å². The third-order valence-corrected chi connectivity index (χ3v) is 3.16. The van der Waals surface area contributed by atoms with Gasteiger partial charge in [-0.25, -0.2) is 0 Å². The molecule has 0 spiro atoms. The maximum absolute atomic E-state index is 11.7. The van der Waals surface area contributed by atoms with E-state index in [2.05, 4.69) is 11.4 Å². The van der Waals surface area contributed by atoms with Crippen molar-refractivity contribution in [2.45, 2.75) is 19.4 Å². The van der Waals surface area contributed by atoms with Crippen molar-refractivity contribution in [3.8, 4) is 6.07 Å². The molecule has 0 aliphatic heterocycles. The molecule has 1 aromatic carbocycles. The van der Waals surface area contributed by atoms with Gasteiger partial charge in [-0.15, -0.1) is 0 Å². The molecular formula is C12H11ClN2O. The van der Waals surface area contributed by atoms with E-state index in [0.717, 1.165) is 5.56 Å². The summed E-state index contributed by atoms with van der Waals surface area (Å²) >= 11 is 5.96. The van der Waals surface area contributed by atoms with E-state index in [1.54, 1.807) is 6.07 Å². The number of halogens is 1. The van der Waals surface area contributed by atoms with Gasteiger partial charge in [-0.1, -0.05) is 29.8 Å². The van der Waals surface area contributed by atoms with Gasteiger partial charge in [0.1, 0.15) is 5.41 Å². The number of hydrogen-bond acceptors (Lipinski definition) is 2. The zero-order valence-electron chi connectivity index (χ0n) is 8.66. The van der Waals surface area contributed by atoms with Gasteiger partial charge in [0.2, 0.25) is 5.91 Å². The number of carbonyl (C=O) groups is 1. The fourth-order valence-electron chi connectivity index (χ4n) is 1.50. The van der Waals surface area contributed by atoms with Crippen molar-refractivity contribution in [2.24, 2.45) is 5.41 Å². The molecule has 0 heterocycles. The van der Waals surface area contributed by atoms with E-state index in [0.29, 0.717) is 24.4 Å². The number of nitrogens with one attached hydrogen (secondary N) is 1. The summed E-state index contributed by atoms with van der Waals surface area (Å²) < 4.78 is 0. The highest BCUT2D eigenvalue weighted by Gasteiger charge is 2.50. The molecule has 1 aromatic rings. The van der Waals surface area contributed by atoms with Crippen LogP contribution in [0.3, 0.4) is 0 Å². The summed E-state index contributed by atoms with van der Waals surface area (Å²) in [5, 5.41) is 12.2. The minimum Gasteiger partial charge on any atom is -0.351 e. The van der Waals surface area contributed by atoms with Gasteiger partial charge in [0.25, 0.3) is 0 Å². The van der Waals surface area contributed by atoms with Crippen molar-refractivity contribution in [2.75, 3.05) is 0 Å². The van der Waals surface area contributed by atoms with Crippen molar-refractivity contribution < 1.29 is 4.79 Å². The molecule has 82 valence electrons. The zero-order chi connectivity index (χ0) is 11.6. The van der Waals surface area contributed by atoms with Crippen LogP contribution in [0, 0.1) is 16.7 Å². The van der Waals surface area contributed by atoms with E-state index in [-0.39, 0.29) is 5.91 Å². The SMILES string of the molecule is N#CC1(C(=O)NCc2ccccc2Cl)CC1. The van der Waals surface area contributed by atoms with E-state index >= 15 is 0 Å². The molecule has 0 unspecified atom stereocenters. The maximum atomic E-state index is 11.7. The normalized spacial score (nSPS) is 16.2. The number of amides is 1. The third-order valence-electron chi connectivity index (χ3n) is 2.80. The lowest BCUT2D eigenvalue weighted by atomic mass is 10.1. The van der Waals surface area contributed by atoms with Crippen LogP contribution < -0.4 is 5.32 Å². The molecule has 1 saturated carbocycles. The van der Waals surface area contributed by atoms with E-state index < -0.39 is 5.41 Å². The second kappa shape index (κ2) is 4.15. The molecule has 0 atom stereocenters. The van der Waals surface area contributed by atoms with E-state index in [4.69, 9.17) is 16.9 Å². The molecule has 2 rings (SSSR count). The van der Waals surface area contributed by atoms with Crippen LogP contribution in [0.4, 0.5) is 0 Å². The number of nitrogens with zero attached hydrogens (tertiary/aromatic N) is 1. The van der Waals surface area contributed by atoms with E-state index in [1.165, 1.54) is 0 Å². The summed E-state index contributed by atoms with van der Waals surface area (Å²) in [4.78, 5) is 11.7. The Morgan fingerprint density at radius 2 is 2.19 bits per heavy atom. The molecule has 16 heavy (non-hydrogen) atoms. The Kier molecular flexibility index (Phi) is 2.84. The summed E-state index contributed by atoms with van der Waals surface area (Å²) in [6, 6.07) is 9.40. The predicted molar refractivity (Wildman–Crippen MR) is 60.6 cm³/mol. The van der Waals surface area contributed by atoms with Gasteiger partial charge < -0.3 is 5.32 Å². The lowest BCUT2D eigenvalue weighted by molar-refractivity contribution is -0.124. The molecule has 1 fully saturated rings. The summed E-state index contributed by atoms with van der Waals surface area (Å²) in [6.07, 6.45) is 1.33. The third kappa shape index (κ3) is 2.02. The Bertz CT molecular complexity index is 460. The van der Waals surface area contributed by atoms with Crippen molar-refractivity contribution in [1.82, 2.24) is 5.32 Å². The first kappa shape index (κ1) is 11.0. The van der Waals surface area contributed by atoms with Crippen LogP contribution in [0.5, 0.6) is 0 Å². The predicted octanol–water partition coefficient (Wildman–Crippen LogP) is 2.26. The molecule has 0 radical (unpaired) electrons. The fourth-order valence-corrected chi connectivity index (χ4v) is 1.70. The zero-order valence-corrected chi connectivity index (χ0v) is 9.42. The topological polar surface area (TPSA) is 52.9 Å². The molecule has 1 aliphatic rings. The maximum Gasteiger partial charge on any atom is 0.240 e. The minimum absolute atomic E-state index is 0.185. The summed E-state index contributed by atoms with van der Waals surface area (Å²) in [7, 11) is 0. The van der Waals surface area contributed by atoms with Crippen molar-refractivity contribution in [3.63, 3.8) is 0 Å². The van der Waals surface area contributed by atoms with Crippen LogP contribution in [-0.2, 0) is 11.3 Å². The molecule has 1 amide bonds. The first-order valence-electron chi connectivity index (χ1n) is 5.11. The molecule has 1 aliphatic carbocycles. The molecule has 1 N–H and O–H groups in total. The van der Waals surface area contributed by atoms with Crippen LogP contribution in [0.2, 0.25) is 5.02 Å². The highest BCUT2D eigenvalue weighted by atomic mass is 35.5. The highest BCUT2D eigenvalue weighted by Crippen LogP contribution is 2.45. The Balaban J connectivity index is 1.96. The average Bonchev–Trinajstić information content (AvgIpc) is 3.08. The van der Waals surface area contributed by atoms with Crippen LogP contribution in [0.25, 0.3) is 0 Å². The van der Waals surface area contributed by atoms with Crippen LogP contribution >= 0.6 is 11.6 Å². The second-order valence-electron chi connectivity index (χ2n) is 3.97. The Morgan fingerprint density at radius 1 is 1.50 bits per heavy atom. The summed E-state index contributed by atoms with van der Waals surface area (Å²) in [5.41, 5.74) is 0.104. The number of hydrogen-bond donors (Lipinski definition) is 1. The van der Waals surface area contributed by atoms with Gasteiger partial charge in [-0.05, 0) is 24.5 Å². The van der Waals surface area contributed by atoms with Crippen LogP contribution in [0.1, 0.15) is 18.4 Å². The van der Waals surface area contributed by atoms with E-state index in [1.807, 2.05) is 18.2 Å². The lowest BCUT2D eigenvalue weighted by Crippen LogP contribution is -2.30. The summed E-state index contributed by atoms with van der Waals surface area (Å²) in [5.74, 6) is -0.185. The smallest absolute Gasteiger partial charge is 0.240 e. The van der Waals surface area contributed by atoms with Gasteiger partial charge in [0, 0.05) is 11.6 Å². The fraction of sp³-hybridized carbons (Fsp3) is 0.333. The Hall–Kier alpha value is -1.53.